The zero-order chi connectivity index (χ0) is 15.6. The monoisotopic (exact) mass is 296 g/mol. The number of para-hydroxylation sites is 1. The lowest BCUT2D eigenvalue weighted by atomic mass is 10.2. The molecule has 2 amide bonds. The van der Waals surface area contributed by atoms with Gasteiger partial charge in [-0.3, -0.25) is 9.59 Å². The van der Waals surface area contributed by atoms with Crippen molar-refractivity contribution in [1.82, 2.24) is 4.90 Å². The first-order chi connectivity index (χ1) is 9.93. The molecule has 1 fully saturated rings. The maximum Gasteiger partial charge on any atom is 0.244 e. The number of amides is 2. The van der Waals surface area contributed by atoms with E-state index in [-0.39, 0.29) is 18.4 Å². The molecule has 1 aliphatic rings. The van der Waals surface area contributed by atoms with E-state index in [4.69, 9.17) is 0 Å². The summed E-state index contributed by atoms with van der Waals surface area (Å²) in [4.78, 5) is 25.3. The zero-order valence-electron chi connectivity index (χ0n) is 12.0. The number of halogens is 2. The van der Waals surface area contributed by atoms with Crippen molar-refractivity contribution in [3.05, 3.63) is 29.8 Å². The van der Waals surface area contributed by atoms with Gasteiger partial charge in [-0.1, -0.05) is 13.0 Å². The molecule has 0 heterocycles. The van der Waals surface area contributed by atoms with Gasteiger partial charge in [-0.2, -0.15) is 0 Å². The molecule has 1 aliphatic carbocycles. The van der Waals surface area contributed by atoms with Crippen LogP contribution in [0, 0.1) is 23.5 Å². The van der Waals surface area contributed by atoms with E-state index in [0.717, 1.165) is 18.6 Å². The quantitative estimate of drug-likeness (QED) is 0.907. The number of nitrogens with zero attached hydrogens (tertiary/aromatic N) is 1. The zero-order valence-corrected chi connectivity index (χ0v) is 12.0. The molecule has 1 N–H and O–H groups in total. The molecule has 1 aromatic carbocycles. The molecule has 0 saturated heterocycles. The number of carbonyl (C=O) groups excluding carboxylic acids is 2. The lowest BCUT2D eigenvalue weighted by Gasteiger charge is -2.20. The van der Waals surface area contributed by atoms with Crippen molar-refractivity contribution in [2.75, 3.05) is 18.4 Å². The highest BCUT2D eigenvalue weighted by molar-refractivity contribution is 5.95. The lowest BCUT2D eigenvalue weighted by molar-refractivity contribution is -0.135. The molecule has 4 nitrogen and oxygen atoms in total. The van der Waals surface area contributed by atoms with Gasteiger partial charge in [-0.25, -0.2) is 8.78 Å². The van der Waals surface area contributed by atoms with Crippen molar-refractivity contribution in [2.24, 2.45) is 11.8 Å². The highest BCUT2D eigenvalue weighted by Gasteiger charge is 2.41. The normalized spacial score (nSPS) is 20.0. The van der Waals surface area contributed by atoms with Crippen LogP contribution in [0.4, 0.5) is 14.5 Å². The first kappa shape index (κ1) is 15.4. The van der Waals surface area contributed by atoms with Crippen LogP contribution < -0.4 is 5.32 Å². The van der Waals surface area contributed by atoms with Gasteiger partial charge < -0.3 is 10.2 Å². The molecule has 21 heavy (non-hydrogen) atoms. The maximum absolute atomic E-state index is 13.4. The summed E-state index contributed by atoms with van der Waals surface area (Å²) >= 11 is 0. The molecule has 6 heteroatoms. The Labute approximate surface area is 122 Å². The second-order valence-corrected chi connectivity index (χ2v) is 5.32. The second-order valence-electron chi connectivity index (χ2n) is 5.32. The van der Waals surface area contributed by atoms with Crippen LogP contribution in [0.5, 0.6) is 0 Å². The predicted molar refractivity (Wildman–Crippen MR) is 74.5 cm³/mol. The maximum atomic E-state index is 13.4. The van der Waals surface area contributed by atoms with Gasteiger partial charge >= 0.3 is 0 Å². The minimum Gasteiger partial charge on any atom is -0.333 e. The van der Waals surface area contributed by atoms with Crippen LogP contribution in [0.25, 0.3) is 0 Å². The average Bonchev–Trinajstić information content (AvgIpc) is 3.17. The van der Waals surface area contributed by atoms with Crippen molar-refractivity contribution in [2.45, 2.75) is 20.3 Å². The highest BCUT2D eigenvalue weighted by atomic mass is 19.1. The summed E-state index contributed by atoms with van der Waals surface area (Å²) in [5, 5.41) is 2.19. The van der Waals surface area contributed by atoms with E-state index in [9.17, 15) is 18.4 Å². The molecule has 0 aromatic heterocycles. The van der Waals surface area contributed by atoms with E-state index in [2.05, 4.69) is 5.32 Å². The van der Waals surface area contributed by atoms with Crippen LogP contribution >= 0.6 is 0 Å². The Bertz CT molecular complexity index is 542. The molecular formula is C15H18F2N2O2. The van der Waals surface area contributed by atoms with Crippen molar-refractivity contribution >= 4 is 17.5 Å². The summed E-state index contributed by atoms with van der Waals surface area (Å²) in [6.45, 7) is 3.93. The van der Waals surface area contributed by atoms with Crippen molar-refractivity contribution in [1.29, 1.82) is 0 Å². The van der Waals surface area contributed by atoms with Gasteiger partial charge in [0.2, 0.25) is 11.8 Å². The molecule has 2 rings (SSSR count). The van der Waals surface area contributed by atoms with E-state index in [1.165, 1.54) is 11.0 Å². The summed E-state index contributed by atoms with van der Waals surface area (Å²) in [7, 11) is 0. The molecule has 0 unspecified atom stereocenters. The third-order valence-electron chi connectivity index (χ3n) is 3.68. The number of anilines is 1. The number of benzene rings is 1. The summed E-state index contributed by atoms with van der Waals surface area (Å²) in [6, 6.07) is 3.34. The van der Waals surface area contributed by atoms with E-state index >= 15 is 0 Å². The van der Waals surface area contributed by atoms with Crippen molar-refractivity contribution in [3.63, 3.8) is 0 Å². The van der Waals surface area contributed by atoms with Gasteiger partial charge in [0, 0.05) is 12.5 Å². The molecular weight excluding hydrogens is 278 g/mol. The summed E-state index contributed by atoms with van der Waals surface area (Å²) in [5.41, 5.74) is -0.481. The summed E-state index contributed by atoms with van der Waals surface area (Å²) < 4.78 is 26.9. The molecule has 0 aliphatic heterocycles. The molecule has 0 spiro atoms. The molecule has 1 saturated carbocycles. The van der Waals surface area contributed by atoms with Gasteiger partial charge in [-0.15, -0.1) is 0 Å². The molecule has 1 aromatic rings. The van der Waals surface area contributed by atoms with E-state index in [0.29, 0.717) is 12.5 Å². The summed E-state index contributed by atoms with van der Waals surface area (Å²) in [5.74, 6) is -2.04. The van der Waals surface area contributed by atoms with Crippen LogP contribution in [-0.2, 0) is 9.59 Å². The van der Waals surface area contributed by atoms with E-state index in [1.807, 2.05) is 6.92 Å². The summed E-state index contributed by atoms with van der Waals surface area (Å²) in [6.07, 6.45) is 0.832. The minimum atomic E-state index is -0.839. The van der Waals surface area contributed by atoms with Crippen LogP contribution in [0.1, 0.15) is 20.3 Å². The van der Waals surface area contributed by atoms with Gasteiger partial charge in [0.15, 0.2) is 0 Å². The van der Waals surface area contributed by atoms with Gasteiger partial charge in [0.05, 0.1) is 6.54 Å². The Morgan fingerprint density at radius 3 is 2.38 bits per heavy atom. The first-order valence-corrected chi connectivity index (χ1v) is 6.96. The van der Waals surface area contributed by atoms with E-state index < -0.39 is 23.2 Å². The highest BCUT2D eigenvalue weighted by Crippen LogP contribution is 2.39. The second kappa shape index (κ2) is 6.20. The number of likely N-dealkylation sites (N-methyl/N-ethyl adjacent to an activating group) is 1. The molecule has 0 radical (unpaired) electrons. The van der Waals surface area contributed by atoms with Gasteiger partial charge in [0.1, 0.15) is 17.3 Å². The predicted octanol–water partition coefficient (Wildman–Crippen LogP) is 2.41. The van der Waals surface area contributed by atoms with E-state index in [1.54, 1.807) is 6.92 Å². The Kier molecular flexibility index (Phi) is 4.55. The fraction of sp³-hybridized carbons (Fsp3) is 0.467. The Hall–Kier alpha value is -1.98. The molecule has 0 bridgehead atoms. The number of rotatable bonds is 5. The van der Waals surface area contributed by atoms with Crippen LogP contribution in [0.3, 0.4) is 0 Å². The van der Waals surface area contributed by atoms with Crippen molar-refractivity contribution in [3.8, 4) is 0 Å². The van der Waals surface area contributed by atoms with Crippen LogP contribution in [-0.4, -0.2) is 29.8 Å². The minimum absolute atomic E-state index is 0.0250. The smallest absolute Gasteiger partial charge is 0.244 e. The largest absolute Gasteiger partial charge is 0.333 e. The van der Waals surface area contributed by atoms with Gasteiger partial charge in [0.25, 0.3) is 0 Å². The van der Waals surface area contributed by atoms with Crippen molar-refractivity contribution < 1.29 is 18.4 Å². The Morgan fingerprint density at radius 1 is 1.33 bits per heavy atom. The average molecular weight is 296 g/mol. The van der Waals surface area contributed by atoms with Crippen LogP contribution in [0.15, 0.2) is 18.2 Å². The Balaban J connectivity index is 1.98. The topological polar surface area (TPSA) is 49.4 Å². The fourth-order valence-electron chi connectivity index (χ4n) is 2.22. The SMILES string of the molecule is CCN(CC(=O)Nc1c(F)cccc1F)C(=O)[C@@H]1C[C@@H]1C. The number of carbonyl (C=O) groups is 2. The number of hydrogen-bond donors (Lipinski definition) is 1. The third kappa shape index (κ3) is 3.56. The molecule has 114 valence electrons. The van der Waals surface area contributed by atoms with Gasteiger partial charge in [-0.05, 0) is 31.4 Å². The Morgan fingerprint density at radius 2 is 1.90 bits per heavy atom. The third-order valence-corrected chi connectivity index (χ3v) is 3.68. The lowest BCUT2D eigenvalue weighted by Crippen LogP contribution is -2.39. The molecule has 2 atom stereocenters. The first-order valence-electron chi connectivity index (χ1n) is 6.96. The number of nitrogens with one attached hydrogen (secondary N) is 1. The standard InChI is InChI=1S/C15H18F2N2O2/c1-3-19(15(21)10-7-9(10)2)8-13(20)18-14-11(16)5-4-6-12(14)17/h4-6,9-10H,3,7-8H2,1-2H3,(H,18,20)/t9-,10+/m0/s1. The number of hydrogen-bond acceptors (Lipinski definition) is 2. The fourth-order valence-corrected chi connectivity index (χ4v) is 2.22. The van der Waals surface area contributed by atoms with Crippen LogP contribution in [0.2, 0.25) is 0 Å².